The second-order valence-electron chi connectivity index (χ2n) is 6.02. The third-order valence-corrected chi connectivity index (χ3v) is 4.54. The number of nitrogens with two attached hydrogens (primary N) is 1. The normalized spacial score (nSPS) is 12.4. The molecule has 0 saturated carbocycles. The average Bonchev–Trinajstić information content (AvgIpc) is 3.08. The molecule has 0 saturated heterocycles. The molecule has 2 aromatic carbocycles. The Kier molecular flexibility index (Phi) is 5.36. The number of non-ortho nitro benzene ring substituents is 1. The molecule has 28 heavy (non-hydrogen) atoms. The standard InChI is InChI=1S/C18H16ClN3O6/c1-27-15-7-11(6-13(19)17(15)28-9-16(20)23)18(24)21-5-4-10-2-3-12(22(25)26)8-14(10)21/h2-3,6-8H,4-5,9H2,1H3,(H2,20,23). The highest BCUT2D eigenvalue weighted by Crippen LogP contribution is 2.38. The van der Waals surface area contributed by atoms with Gasteiger partial charge in [-0.1, -0.05) is 17.7 Å². The zero-order valence-corrected chi connectivity index (χ0v) is 15.6. The summed E-state index contributed by atoms with van der Waals surface area (Å²) in [6.07, 6.45) is 0.587. The molecule has 1 aliphatic rings. The maximum Gasteiger partial charge on any atom is 0.271 e. The monoisotopic (exact) mass is 405 g/mol. The van der Waals surface area contributed by atoms with Crippen molar-refractivity contribution in [3.8, 4) is 11.5 Å². The first-order chi connectivity index (χ1) is 13.3. The van der Waals surface area contributed by atoms with E-state index in [1.165, 1.54) is 36.3 Å². The van der Waals surface area contributed by atoms with Gasteiger partial charge in [-0.15, -0.1) is 0 Å². The fraction of sp³-hybridized carbons (Fsp3) is 0.222. The molecule has 10 heteroatoms. The van der Waals surface area contributed by atoms with Gasteiger partial charge >= 0.3 is 0 Å². The minimum Gasteiger partial charge on any atom is -0.493 e. The van der Waals surface area contributed by atoms with E-state index in [2.05, 4.69) is 0 Å². The lowest BCUT2D eigenvalue weighted by molar-refractivity contribution is -0.384. The molecular weight excluding hydrogens is 390 g/mol. The van der Waals surface area contributed by atoms with E-state index in [0.717, 1.165) is 5.56 Å². The zero-order chi connectivity index (χ0) is 20.4. The number of nitro benzene ring substituents is 1. The van der Waals surface area contributed by atoms with Gasteiger partial charge in [0, 0.05) is 24.2 Å². The number of carbonyl (C=O) groups excluding carboxylic acids is 2. The molecule has 0 bridgehead atoms. The summed E-state index contributed by atoms with van der Waals surface area (Å²) in [6, 6.07) is 7.26. The fourth-order valence-electron chi connectivity index (χ4n) is 2.97. The summed E-state index contributed by atoms with van der Waals surface area (Å²) in [7, 11) is 1.37. The van der Waals surface area contributed by atoms with Gasteiger partial charge in [0.2, 0.25) is 0 Å². The number of hydrogen-bond acceptors (Lipinski definition) is 6. The van der Waals surface area contributed by atoms with Gasteiger partial charge in [-0.05, 0) is 24.1 Å². The molecule has 0 aromatic heterocycles. The first kappa shape index (κ1) is 19.4. The molecule has 0 unspecified atom stereocenters. The molecule has 0 spiro atoms. The topological polar surface area (TPSA) is 125 Å². The van der Waals surface area contributed by atoms with Crippen molar-refractivity contribution in [1.82, 2.24) is 0 Å². The van der Waals surface area contributed by atoms with E-state index in [-0.39, 0.29) is 33.7 Å². The van der Waals surface area contributed by atoms with Crippen molar-refractivity contribution in [2.45, 2.75) is 6.42 Å². The smallest absolute Gasteiger partial charge is 0.271 e. The Balaban J connectivity index is 1.94. The quantitative estimate of drug-likeness (QED) is 0.580. The van der Waals surface area contributed by atoms with Crippen LogP contribution in [-0.4, -0.2) is 37.0 Å². The van der Waals surface area contributed by atoms with E-state index < -0.39 is 17.4 Å². The van der Waals surface area contributed by atoms with Crippen molar-refractivity contribution in [2.75, 3.05) is 25.2 Å². The molecule has 1 aliphatic heterocycles. The lowest BCUT2D eigenvalue weighted by atomic mass is 10.1. The first-order valence-electron chi connectivity index (χ1n) is 8.19. The Morgan fingerprint density at radius 1 is 1.32 bits per heavy atom. The van der Waals surface area contributed by atoms with Crippen LogP contribution in [0, 0.1) is 10.1 Å². The number of primary amides is 1. The molecule has 2 N–H and O–H groups in total. The van der Waals surface area contributed by atoms with Crippen LogP contribution >= 0.6 is 11.6 Å². The number of anilines is 1. The summed E-state index contributed by atoms with van der Waals surface area (Å²) >= 11 is 6.20. The number of fused-ring (bicyclic) bond motifs is 1. The highest BCUT2D eigenvalue weighted by atomic mass is 35.5. The van der Waals surface area contributed by atoms with Crippen LogP contribution in [-0.2, 0) is 11.2 Å². The first-order valence-corrected chi connectivity index (χ1v) is 8.57. The Hall–Kier alpha value is -3.33. The molecule has 1 heterocycles. The van der Waals surface area contributed by atoms with Gasteiger partial charge in [-0.3, -0.25) is 19.7 Å². The van der Waals surface area contributed by atoms with Crippen molar-refractivity contribution in [3.05, 3.63) is 56.6 Å². The molecule has 2 aromatic rings. The maximum absolute atomic E-state index is 13.0. The third-order valence-electron chi connectivity index (χ3n) is 4.26. The second kappa shape index (κ2) is 7.73. The second-order valence-corrected chi connectivity index (χ2v) is 6.43. The minimum atomic E-state index is -0.687. The minimum absolute atomic E-state index is 0.0717. The van der Waals surface area contributed by atoms with Gasteiger partial charge in [0.15, 0.2) is 18.1 Å². The van der Waals surface area contributed by atoms with Crippen molar-refractivity contribution >= 4 is 34.8 Å². The van der Waals surface area contributed by atoms with Gasteiger partial charge in [0.05, 0.1) is 22.7 Å². The van der Waals surface area contributed by atoms with Gasteiger partial charge in [0.1, 0.15) is 0 Å². The van der Waals surface area contributed by atoms with Crippen molar-refractivity contribution < 1.29 is 24.0 Å². The summed E-state index contributed by atoms with van der Waals surface area (Å²) in [5.74, 6) is -0.818. The van der Waals surface area contributed by atoms with Crippen LogP contribution < -0.4 is 20.1 Å². The molecule has 0 aliphatic carbocycles. The highest BCUT2D eigenvalue weighted by molar-refractivity contribution is 6.33. The van der Waals surface area contributed by atoms with E-state index in [0.29, 0.717) is 18.7 Å². The average molecular weight is 406 g/mol. The lowest BCUT2D eigenvalue weighted by Gasteiger charge is -2.19. The number of amides is 2. The van der Waals surface area contributed by atoms with Crippen LogP contribution in [0.15, 0.2) is 30.3 Å². The van der Waals surface area contributed by atoms with Crippen LogP contribution in [0.5, 0.6) is 11.5 Å². The van der Waals surface area contributed by atoms with E-state index >= 15 is 0 Å². The predicted octanol–water partition coefficient (Wildman–Crippen LogP) is 2.32. The number of ether oxygens (including phenoxy) is 2. The molecule has 3 rings (SSSR count). The number of benzene rings is 2. The van der Waals surface area contributed by atoms with Gasteiger partial charge in [-0.25, -0.2) is 0 Å². The number of hydrogen-bond donors (Lipinski definition) is 1. The van der Waals surface area contributed by atoms with Gasteiger partial charge in [0.25, 0.3) is 17.5 Å². The number of carbonyl (C=O) groups is 2. The largest absolute Gasteiger partial charge is 0.493 e. The van der Waals surface area contributed by atoms with E-state index in [9.17, 15) is 19.7 Å². The van der Waals surface area contributed by atoms with Crippen LogP contribution in [0.2, 0.25) is 5.02 Å². The molecule has 0 fully saturated rings. The number of nitrogens with zero attached hydrogens (tertiary/aromatic N) is 2. The third kappa shape index (κ3) is 3.70. The van der Waals surface area contributed by atoms with Crippen LogP contribution in [0.4, 0.5) is 11.4 Å². The summed E-state index contributed by atoms with van der Waals surface area (Å²) in [4.78, 5) is 35.9. The van der Waals surface area contributed by atoms with Crippen molar-refractivity contribution in [3.63, 3.8) is 0 Å². The van der Waals surface area contributed by atoms with Crippen molar-refractivity contribution in [2.24, 2.45) is 5.73 Å². The van der Waals surface area contributed by atoms with E-state index in [4.69, 9.17) is 26.8 Å². The lowest BCUT2D eigenvalue weighted by Crippen LogP contribution is -2.29. The molecule has 0 radical (unpaired) electrons. The van der Waals surface area contributed by atoms with Crippen LogP contribution in [0.1, 0.15) is 15.9 Å². The summed E-state index contributed by atoms with van der Waals surface area (Å²) < 4.78 is 10.5. The number of halogens is 1. The SMILES string of the molecule is COc1cc(C(=O)N2CCc3ccc([N+](=O)[O-])cc32)cc(Cl)c1OCC(N)=O. The molecule has 9 nitrogen and oxygen atoms in total. The molecule has 0 atom stereocenters. The summed E-state index contributed by atoms with van der Waals surface area (Å²) in [6.45, 7) is -0.0122. The molecule has 2 amide bonds. The van der Waals surface area contributed by atoms with Gasteiger partial charge < -0.3 is 20.1 Å². The van der Waals surface area contributed by atoms with Gasteiger partial charge in [-0.2, -0.15) is 0 Å². The van der Waals surface area contributed by atoms with Crippen LogP contribution in [0.3, 0.4) is 0 Å². The maximum atomic E-state index is 13.0. The number of methoxy groups -OCH3 is 1. The summed E-state index contributed by atoms with van der Waals surface area (Å²) in [5.41, 5.74) is 6.52. The Bertz CT molecular complexity index is 978. The summed E-state index contributed by atoms with van der Waals surface area (Å²) in [5, 5.41) is 11.1. The Labute approximate surface area is 164 Å². The molecule has 146 valence electrons. The number of nitro groups is 1. The highest BCUT2D eigenvalue weighted by Gasteiger charge is 2.29. The molecular formula is C18H16ClN3O6. The van der Waals surface area contributed by atoms with Crippen LogP contribution in [0.25, 0.3) is 0 Å². The Morgan fingerprint density at radius 3 is 2.71 bits per heavy atom. The van der Waals surface area contributed by atoms with Crippen molar-refractivity contribution in [1.29, 1.82) is 0 Å². The van der Waals surface area contributed by atoms with E-state index in [1.54, 1.807) is 6.07 Å². The fourth-order valence-corrected chi connectivity index (χ4v) is 3.24. The van der Waals surface area contributed by atoms with E-state index in [1.807, 2.05) is 0 Å². The predicted molar refractivity (Wildman–Crippen MR) is 101 cm³/mol. The zero-order valence-electron chi connectivity index (χ0n) is 14.8. The Morgan fingerprint density at radius 2 is 2.07 bits per heavy atom. The number of rotatable bonds is 6.